The summed E-state index contributed by atoms with van der Waals surface area (Å²) < 4.78 is 2.28. The number of aromatic nitrogens is 3. The summed E-state index contributed by atoms with van der Waals surface area (Å²) in [6.45, 7) is 7.49. The second-order valence-corrected chi connectivity index (χ2v) is 4.30. The van der Waals surface area contributed by atoms with Gasteiger partial charge in [0.05, 0.1) is 0 Å². The summed E-state index contributed by atoms with van der Waals surface area (Å²) >= 11 is 0. The van der Waals surface area contributed by atoms with Gasteiger partial charge in [0.25, 0.3) is 0 Å². The van der Waals surface area contributed by atoms with Crippen LogP contribution in [0.15, 0.2) is 0 Å². The quantitative estimate of drug-likeness (QED) is 0.818. The van der Waals surface area contributed by atoms with Crippen LogP contribution in [-0.4, -0.2) is 27.9 Å². The average molecular weight is 208 g/mol. The summed E-state index contributed by atoms with van der Waals surface area (Å²) in [4.78, 5) is 0. The molecular weight excluding hydrogens is 188 g/mol. The summed E-state index contributed by atoms with van der Waals surface area (Å²) in [5.41, 5.74) is 0. The molecule has 4 heteroatoms. The van der Waals surface area contributed by atoms with E-state index in [1.807, 2.05) is 6.92 Å². The summed E-state index contributed by atoms with van der Waals surface area (Å²) in [5, 5.41) is 12.0. The molecule has 0 bridgehead atoms. The van der Waals surface area contributed by atoms with Crippen LogP contribution in [0.4, 0.5) is 0 Å². The summed E-state index contributed by atoms with van der Waals surface area (Å²) in [6, 6.07) is 0. The second-order valence-electron chi connectivity index (χ2n) is 4.30. The molecule has 1 saturated heterocycles. The van der Waals surface area contributed by atoms with Crippen LogP contribution in [0.5, 0.6) is 0 Å². The van der Waals surface area contributed by atoms with Crippen LogP contribution < -0.4 is 5.32 Å². The number of aryl methyl sites for hydroxylation is 1. The fourth-order valence-electron chi connectivity index (χ4n) is 2.27. The van der Waals surface area contributed by atoms with E-state index in [0.717, 1.165) is 31.9 Å². The molecule has 0 aromatic carbocycles. The van der Waals surface area contributed by atoms with E-state index in [0.29, 0.717) is 5.92 Å². The van der Waals surface area contributed by atoms with Gasteiger partial charge in [0.1, 0.15) is 11.6 Å². The van der Waals surface area contributed by atoms with Crippen LogP contribution in [0.1, 0.15) is 43.8 Å². The predicted octanol–water partition coefficient (Wildman–Crippen LogP) is 1.46. The van der Waals surface area contributed by atoms with E-state index in [-0.39, 0.29) is 0 Å². The molecule has 0 aliphatic carbocycles. The Morgan fingerprint density at radius 2 is 2.33 bits per heavy atom. The van der Waals surface area contributed by atoms with Gasteiger partial charge >= 0.3 is 0 Å². The molecule has 0 unspecified atom stereocenters. The lowest BCUT2D eigenvalue weighted by atomic mass is 9.99. The number of rotatable bonds is 3. The van der Waals surface area contributed by atoms with Crippen molar-refractivity contribution in [2.45, 2.75) is 45.6 Å². The van der Waals surface area contributed by atoms with Gasteiger partial charge in [-0.2, -0.15) is 0 Å². The van der Waals surface area contributed by atoms with Crippen molar-refractivity contribution in [3.63, 3.8) is 0 Å². The number of piperidine rings is 1. The van der Waals surface area contributed by atoms with Gasteiger partial charge in [0, 0.05) is 19.0 Å². The zero-order valence-electron chi connectivity index (χ0n) is 9.66. The molecule has 4 nitrogen and oxygen atoms in total. The van der Waals surface area contributed by atoms with Crippen LogP contribution in [-0.2, 0) is 6.54 Å². The van der Waals surface area contributed by atoms with E-state index >= 15 is 0 Å². The van der Waals surface area contributed by atoms with E-state index in [9.17, 15) is 0 Å². The van der Waals surface area contributed by atoms with E-state index in [1.54, 1.807) is 0 Å². The van der Waals surface area contributed by atoms with Crippen molar-refractivity contribution in [3.8, 4) is 0 Å². The zero-order chi connectivity index (χ0) is 10.7. The molecule has 0 radical (unpaired) electrons. The first-order valence-corrected chi connectivity index (χ1v) is 5.93. The lowest BCUT2D eigenvalue weighted by molar-refractivity contribution is 0.429. The SMILES string of the molecule is CCCn1c(C)nnc1[C@H]1CCCNC1. The van der Waals surface area contributed by atoms with Crippen molar-refractivity contribution in [2.24, 2.45) is 0 Å². The molecule has 15 heavy (non-hydrogen) atoms. The highest BCUT2D eigenvalue weighted by molar-refractivity contribution is 5.03. The first-order valence-electron chi connectivity index (χ1n) is 5.93. The normalized spacial score (nSPS) is 21.9. The van der Waals surface area contributed by atoms with Gasteiger partial charge in [0.15, 0.2) is 0 Å². The summed E-state index contributed by atoms with van der Waals surface area (Å²) in [6.07, 6.45) is 3.64. The smallest absolute Gasteiger partial charge is 0.137 e. The number of hydrogen-bond acceptors (Lipinski definition) is 3. The molecule has 0 spiro atoms. The molecule has 1 aromatic rings. The van der Waals surface area contributed by atoms with Crippen LogP contribution in [0.2, 0.25) is 0 Å². The zero-order valence-corrected chi connectivity index (χ0v) is 9.66. The highest BCUT2D eigenvalue weighted by Crippen LogP contribution is 2.22. The Morgan fingerprint density at radius 3 is 3.00 bits per heavy atom. The van der Waals surface area contributed by atoms with Crippen LogP contribution in [0, 0.1) is 6.92 Å². The molecule has 0 saturated carbocycles. The van der Waals surface area contributed by atoms with Crippen molar-refractivity contribution in [1.82, 2.24) is 20.1 Å². The van der Waals surface area contributed by atoms with Crippen molar-refractivity contribution in [1.29, 1.82) is 0 Å². The molecule has 2 heterocycles. The van der Waals surface area contributed by atoms with Gasteiger partial charge in [-0.15, -0.1) is 10.2 Å². The van der Waals surface area contributed by atoms with Crippen molar-refractivity contribution in [3.05, 3.63) is 11.6 Å². The van der Waals surface area contributed by atoms with E-state index in [2.05, 4.69) is 27.0 Å². The van der Waals surface area contributed by atoms with Crippen molar-refractivity contribution < 1.29 is 0 Å². The molecule has 2 rings (SSSR count). The van der Waals surface area contributed by atoms with Crippen molar-refractivity contribution in [2.75, 3.05) is 13.1 Å². The number of nitrogens with zero attached hydrogens (tertiary/aromatic N) is 3. The standard InChI is InChI=1S/C11H20N4/c1-3-7-15-9(2)13-14-11(15)10-5-4-6-12-8-10/h10,12H,3-8H2,1-2H3/t10-/m0/s1. The van der Waals surface area contributed by atoms with E-state index < -0.39 is 0 Å². The summed E-state index contributed by atoms with van der Waals surface area (Å²) in [5.74, 6) is 2.80. The van der Waals surface area contributed by atoms with Crippen LogP contribution in [0.3, 0.4) is 0 Å². The van der Waals surface area contributed by atoms with E-state index in [1.165, 1.54) is 18.7 Å². The Bertz CT molecular complexity index is 312. The topological polar surface area (TPSA) is 42.7 Å². The highest BCUT2D eigenvalue weighted by atomic mass is 15.3. The minimum atomic E-state index is 0.562. The third-order valence-corrected chi connectivity index (χ3v) is 3.07. The number of hydrogen-bond donors (Lipinski definition) is 1. The van der Waals surface area contributed by atoms with E-state index in [4.69, 9.17) is 0 Å². The maximum atomic E-state index is 4.33. The Labute approximate surface area is 91.1 Å². The van der Waals surface area contributed by atoms with Gasteiger partial charge < -0.3 is 9.88 Å². The van der Waals surface area contributed by atoms with Gasteiger partial charge in [-0.25, -0.2) is 0 Å². The Balaban J connectivity index is 2.18. The first kappa shape index (κ1) is 10.6. The molecule has 1 aliphatic rings. The maximum Gasteiger partial charge on any atom is 0.137 e. The highest BCUT2D eigenvalue weighted by Gasteiger charge is 2.21. The minimum Gasteiger partial charge on any atom is -0.316 e. The fraction of sp³-hybridized carbons (Fsp3) is 0.818. The van der Waals surface area contributed by atoms with Gasteiger partial charge in [0.2, 0.25) is 0 Å². The molecular formula is C11H20N4. The molecule has 0 amide bonds. The Hall–Kier alpha value is -0.900. The molecule has 1 aliphatic heterocycles. The molecule has 84 valence electrons. The molecule has 1 N–H and O–H groups in total. The average Bonchev–Trinajstić information content (AvgIpc) is 2.63. The third kappa shape index (κ3) is 2.20. The van der Waals surface area contributed by atoms with Gasteiger partial charge in [-0.3, -0.25) is 0 Å². The molecule has 1 fully saturated rings. The van der Waals surface area contributed by atoms with Crippen molar-refractivity contribution >= 4 is 0 Å². The van der Waals surface area contributed by atoms with Crippen LogP contribution in [0.25, 0.3) is 0 Å². The first-order chi connectivity index (χ1) is 7.33. The van der Waals surface area contributed by atoms with Gasteiger partial charge in [-0.1, -0.05) is 6.92 Å². The second kappa shape index (κ2) is 4.75. The number of nitrogens with one attached hydrogen (secondary N) is 1. The lowest BCUT2D eigenvalue weighted by Crippen LogP contribution is -2.30. The van der Waals surface area contributed by atoms with Crippen LogP contribution >= 0.6 is 0 Å². The monoisotopic (exact) mass is 208 g/mol. The third-order valence-electron chi connectivity index (χ3n) is 3.07. The largest absolute Gasteiger partial charge is 0.316 e. The Morgan fingerprint density at radius 1 is 1.47 bits per heavy atom. The predicted molar refractivity (Wildman–Crippen MR) is 59.9 cm³/mol. The lowest BCUT2D eigenvalue weighted by Gasteiger charge is -2.22. The Kier molecular flexibility index (Phi) is 3.36. The maximum absolute atomic E-state index is 4.33. The molecule has 1 atom stereocenters. The fourth-order valence-corrected chi connectivity index (χ4v) is 2.27. The summed E-state index contributed by atoms with van der Waals surface area (Å²) in [7, 11) is 0. The minimum absolute atomic E-state index is 0.562. The van der Waals surface area contributed by atoms with Gasteiger partial charge in [-0.05, 0) is 32.7 Å². The molecule has 1 aromatic heterocycles.